The fourth-order valence-electron chi connectivity index (χ4n) is 3.69. The fraction of sp³-hybridized carbons (Fsp3) is 0.280. The van der Waals surface area contributed by atoms with Gasteiger partial charge in [-0.1, -0.05) is 31.5 Å². The zero-order valence-electron chi connectivity index (χ0n) is 18.0. The van der Waals surface area contributed by atoms with Crippen LogP contribution >= 0.6 is 0 Å². The Labute approximate surface area is 182 Å². The minimum absolute atomic E-state index is 0.149. The van der Waals surface area contributed by atoms with E-state index in [1.807, 2.05) is 61.5 Å². The molecule has 0 radical (unpaired) electrons. The third-order valence-electron chi connectivity index (χ3n) is 5.35. The summed E-state index contributed by atoms with van der Waals surface area (Å²) < 4.78 is 0. The molecule has 1 aromatic heterocycles. The molecule has 0 aliphatic carbocycles. The third kappa shape index (κ3) is 4.70. The van der Waals surface area contributed by atoms with E-state index in [2.05, 4.69) is 22.4 Å². The average Bonchev–Trinajstić information content (AvgIpc) is 3.19. The lowest BCUT2D eigenvalue weighted by Gasteiger charge is -2.10. The van der Waals surface area contributed by atoms with Gasteiger partial charge in [-0.25, -0.2) is 0 Å². The molecule has 0 unspecified atom stereocenters. The van der Waals surface area contributed by atoms with Gasteiger partial charge in [-0.3, -0.25) is 0 Å². The highest BCUT2D eigenvalue weighted by Gasteiger charge is 2.14. The van der Waals surface area contributed by atoms with Crippen LogP contribution in [-0.2, 0) is 12.8 Å². The van der Waals surface area contributed by atoms with Gasteiger partial charge in [-0.2, -0.15) is 0 Å². The van der Waals surface area contributed by atoms with Crippen molar-refractivity contribution in [2.75, 3.05) is 11.9 Å². The number of nitrogens with zero attached hydrogens (tertiary/aromatic N) is 3. The molecule has 0 bridgehead atoms. The van der Waals surface area contributed by atoms with Gasteiger partial charge < -0.3 is 15.5 Å². The molecule has 0 aliphatic rings. The Kier molecular flexibility index (Phi) is 6.18. The molecule has 4 aromatic rings. The first kappa shape index (κ1) is 20.9. The molecular formula is C25H28N4O2. The quantitative estimate of drug-likeness (QED) is 0.374. The summed E-state index contributed by atoms with van der Waals surface area (Å²) in [5.74, 6) is 0.251. The van der Waals surface area contributed by atoms with Crippen LogP contribution in [0.3, 0.4) is 0 Å². The highest BCUT2D eigenvalue weighted by Crippen LogP contribution is 2.30. The number of fused-ring (bicyclic) bond motifs is 1. The van der Waals surface area contributed by atoms with Crippen molar-refractivity contribution in [3.05, 3.63) is 71.3 Å². The molecule has 3 aromatic carbocycles. The number of aryl methyl sites for hydroxylation is 2. The second kappa shape index (κ2) is 9.18. The molecule has 31 heavy (non-hydrogen) atoms. The first-order valence-corrected chi connectivity index (χ1v) is 10.7. The number of rotatable bonds is 8. The fourth-order valence-corrected chi connectivity index (χ4v) is 3.69. The van der Waals surface area contributed by atoms with Gasteiger partial charge in [0.15, 0.2) is 0 Å². The van der Waals surface area contributed by atoms with E-state index in [9.17, 15) is 5.11 Å². The molecular weight excluding hydrogens is 388 g/mol. The van der Waals surface area contributed by atoms with Crippen LogP contribution in [0.1, 0.15) is 36.5 Å². The van der Waals surface area contributed by atoms with Crippen LogP contribution in [0, 0.1) is 6.92 Å². The molecule has 1 heterocycles. The molecule has 6 heteroatoms. The van der Waals surface area contributed by atoms with Crippen molar-refractivity contribution in [1.29, 1.82) is 0 Å². The first-order valence-electron chi connectivity index (χ1n) is 10.7. The third-order valence-corrected chi connectivity index (χ3v) is 5.35. The van der Waals surface area contributed by atoms with Crippen LogP contribution in [0.15, 0.2) is 54.6 Å². The molecule has 0 aliphatic heterocycles. The van der Waals surface area contributed by atoms with Crippen molar-refractivity contribution in [1.82, 2.24) is 15.0 Å². The van der Waals surface area contributed by atoms with E-state index < -0.39 is 0 Å². The number of hydrogen-bond donors (Lipinski definition) is 3. The van der Waals surface area contributed by atoms with Crippen LogP contribution in [-0.4, -0.2) is 31.8 Å². The Morgan fingerprint density at radius 3 is 2.39 bits per heavy atom. The van der Waals surface area contributed by atoms with E-state index in [-0.39, 0.29) is 12.4 Å². The maximum atomic E-state index is 10.8. The standard InChI is InChI=1S/C25H28N4O2/c1-3-4-5-19-14-17(2)15-24(25(19)31)29-27-22-11-10-21(16-23(22)28-29)26-20-8-6-18(7-9-20)12-13-30/h6-11,14-16,26,30-31H,3-5,12-13H2,1-2H3. The molecule has 6 nitrogen and oxygen atoms in total. The molecule has 3 N–H and O–H groups in total. The number of benzene rings is 3. The summed E-state index contributed by atoms with van der Waals surface area (Å²) in [6, 6.07) is 17.8. The molecule has 0 spiro atoms. The maximum Gasteiger partial charge on any atom is 0.146 e. The van der Waals surface area contributed by atoms with Crippen molar-refractivity contribution in [3.63, 3.8) is 0 Å². The summed E-state index contributed by atoms with van der Waals surface area (Å²) in [4.78, 5) is 1.52. The Hall–Kier alpha value is -3.38. The van der Waals surface area contributed by atoms with Crippen molar-refractivity contribution in [3.8, 4) is 11.4 Å². The van der Waals surface area contributed by atoms with Crippen LogP contribution in [0.5, 0.6) is 5.75 Å². The molecule has 4 rings (SSSR count). The number of phenols is 1. The Balaban J connectivity index is 1.61. The van der Waals surface area contributed by atoms with Crippen LogP contribution in [0.2, 0.25) is 0 Å². The highest BCUT2D eigenvalue weighted by atomic mass is 16.3. The first-order chi connectivity index (χ1) is 15.1. The second-order valence-electron chi connectivity index (χ2n) is 7.88. The van der Waals surface area contributed by atoms with Gasteiger partial charge >= 0.3 is 0 Å². The summed E-state index contributed by atoms with van der Waals surface area (Å²) >= 11 is 0. The smallest absolute Gasteiger partial charge is 0.146 e. The highest BCUT2D eigenvalue weighted by molar-refractivity contribution is 5.80. The van der Waals surface area contributed by atoms with Gasteiger partial charge in [0.1, 0.15) is 22.5 Å². The van der Waals surface area contributed by atoms with Gasteiger partial charge in [0.2, 0.25) is 0 Å². The Morgan fingerprint density at radius 1 is 0.903 bits per heavy atom. The van der Waals surface area contributed by atoms with E-state index in [1.54, 1.807) is 0 Å². The number of aliphatic hydroxyl groups excluding tert-OH is 1. The molecule has 0 fully saturated rings. The zero-order chi connectivity index (χ0) is 21.8. The van der Waals surface area contributed by atoms with Crippen LogP contribution in [0.25, 0.3) is 16.7 Å². The number of aliphatic hydroxyl groups is 1. The number of aromatic hydroxyl groups is 1. The molecule has 0 atom stereocenters. The average molecular weight is 417 g/mol. The number of unbranched alkanes of at least 4 members (excludes halogenated alkanes) is 1. The van der Waals surface area contributed by atoms with Gasteiger partial charge in [0.25, 0.3) is 0 Å². The van der Waals surface area contributed by atoms with E-state index >= 15 is 0 Å². The van der Waals surface area contributed by atoms with E-state index in [4.69, 9.17) is 5.11 Å². The monoisotopic (exact) mass is 416 g/mol. The molecule has 0 amide bonds. The minimum Gasteiger partial charge on any atom is -0.505 e. The van der Waals surface area contributed by atoms with Crippen molar-refractivity contribution < 1.29 is 10.2 Å². The van der Waals surface area contributed by atoms with E-state index in [1.165, 1.54) is 4.80 Å². The number of nitrogens with one attached hydrogen (secondary N) is 1. The van der Waals surface area contributed by atoms with Crippen LogP contribution < -0.4 is 5.32 Å². The van der Waals surface area contributed by atoms with Gasteiger partial charge in [0.05, 0.1) is 0 Å². The summed E-state index contributed by atoms with van der Waals surface area (Å²) in [6.45, 7) is 4.32. The predicted molar refractivity (Wildman–Crippen MR) is 124 cm³/mol. The maximum absolute atomic E-state index is 10.8. The summed E-state index contributed by atoms with van der Waals surface area (Å²) in [5.41, 5.74) is 7.10. The number of phenolic OH excluding ortho intramolecular Hbond substituents is 1. The summed E-state index contributed by atoms with van der Waals surface area (Å²) in [7, 11) is 0. The summed E-state index contributed by atoms with van der Waals surface area (Å²) in [5, 5.41) is 32.4. The number of anilines is 2. The second-order valence-corrected chi connectivity index (χ2v) is 7.88. The topological polar surface area (TPSA) is 83.2 Å². The summed E-state index contributed by atoms with van der Waals surface area (Å²) in [6.07, 6.45) is 3.60. The van der Waals surface area contributed by atoms with Gasteiger partial charge in [-0.05, 0) is 79.3 Å². The van der Waals surface area contributed by atoms with E-state index in [0.717, 1.165) is 58.4 Å². The van der Waals surface area contributed by atoms with Crippen molar-refractivity contribution in [2.45, 2.75) is 39.5 Å². The molecule has 0 saturated carbocycles. The van der Waals surface area contributed by atoms with Crippen molar-refractivity contribution in [2.24, 2.45) is 0 Å². The SMILES string of the molecule is CCCCc1cc(C)cc(-n2nc3ccc(Nc4ccc(CCO)cc4)cc3n2)c1O. The Bertz CT molecular complexity index is 1180. The van der Waals surface area contributed by atoms with Crippen molar-refractivity contribution >= 4 is 22.4 Å². The zero-order valence-corrected chi connectivity index (χ0v) is 18.0. The largest absolute Gasteiger partial charge is 0.505 e. The predicted octanol–water partition coefficient (Wildman–Crippen LogP) is 5.06. The number of aromatic nitrogens is 3. The minimum atomic E-state index is 0.149. The lowest BCUT2D eigenvalue weighted by Crippen LogP contribution is -2.02. The lowest BCUT2D eigenvalue weighted by atomic mass is 10.0. The van der Waals surface area contributed by atoms with E-state index in [0.29, 0.717) is 12.1 Å². The number of hydrogen-bond acceptors (Lipinski definition) is 5. The lowest BCUT2D eigenvalue weighted by molar-refractivity contribution is 0.299. The Morgan fingerprint density at radius 2 is 1.65 bits per heavy atom. The molecule has 160 valence electrons. The van der Waals surface area contributed by atoms with Gasteiger partial charge in [0, 0.05) is 18.0 Å². The normalized spacial score (nSPS) is 11.2. The van der Waals surface area contributed by atoms with Gasteiger partial charge in [-0.15, -0.1) is 15.0 Å². The molecule has 0 saturated heterocycles. The van der Waals surface area contributed by atoms with Crippen LogP contribution in [0.4, 0.5) is 11.4 Å².